The van der Waals surface area contributed by atoms with Crippen LogP contribution in [0, 0.1) is 11.3 Å². The molecule has 2 atom stereocenters. The fourth-order valence-corrected chi connectivity index (χ4v) is 13.8. The SMILES string of the molecule is CC12C=CC=CC1B1c3ccccc3Oc3cc(-n4c5ccccc5c5c6c(c7ccccc7n6-c6ccccc6)c6c(c7ccccc7n6-c6ccc(S(=O)(=O)c7ccccc7C#N)cc6)c54)cc(c31)O2. The molecule has 3 aromatic heterocycles. The lowest BCUT2D eigenvalue weighted by Gasteiger charge is -2.46. The van der Waals surface area contributed by atoms with Crippen LogP contribution >= 0.6 is 0 Å². The summed E-state index contributed by atoms with van der Waals surface area (Å²) in [6, 6.07) is 64.7. The lowest BCUT2D eigenvalue weighted by molar-refractivity contribution is 0.138. The second kappa shape index (κ2) is 14.7. The number of ether oxygens (including phenoxy) is 2. The van der Waals surface area contributed by atoms with Crippen LogP contribution in [0.2, 0.25) is 5.82 Å². The molecule has 0 saturated heterocycles. The van der Waals surface area contributed by atoms with Crippen LogP contribution in [-0.2, 0) is 9.84 Å². The van der Waals surface area contributed by atoms with Gasteiger partial charge in [-0.05, 0) is 91.3 Å². The summed E-state index contributed by atoms with van der Waals surface area (Å²) < 4.78 is 49.7. The lowest BCUT2D eigenvalue weighted by Crippen LogP contribution is -2.60. The number of hydrogen-bond acceptors (Lipinski definition) is 5. The molecule has 0 fully saturated rings. The van der Waals surface area contributed by atoms with Crippen molar-refractivity contribution in [1.82, 2.24) is 13.7 Å². The second-order valence-corrected chi connectivity index (χ2v) is 21.1. The van der Waals surface area contributed by atoms with E-state index in [0.29, 0.717) is 0 Å². The van der Waals surface area contributed by atoms with Crippen LogP contribution in [-0.4, -0.2) is 34.4 Å². The number of benzene rings is 9. The highest BCUT2D eigenvalue weighted by Gasteiger charge is 2.51. The first-order valence-electron chi connectivity index (χ1n) is 24.1. The molecule has 0 N–H and O–H groups in total. The van der Waals surface area contributed by atoms with E-state index in [1.807, 2.05) is 18.2 Å². The van der Waals surface area contributed by atoms with Gasteiger partial charge in [0.2, 0.25) is 16.6 Å². The molecule has 340 valence electrons. The van der Waals surface area contributed by atoms with Gasteiger partial charge >= 0.3 is 0 Å². The Morgan fingerprint density at radius 1 is 0.556 bits per heavy atom. The molecule has 72 heavy (non-hydrogen) atoms. The smallest absolute Gasteiger partial charge is 0.235 e. The molecule has 15 rings (SSSR count). The minimum Gasteiger partial charge on any atom is -0.484 e. The Kier molecular flexibility index (Phi) is 8.36. The number of fused-ring (bicyclic) bond motifs is 16. The van der Waals surface area contributed by atoms with E-state index >= 15 is 0 Å². The minimum atomic E-state index is -4.03. The average molecular weight is 947 g/mol. The van der Waals surface area contributed by atoms with Crippen molar-refractivity contribution < 1.29 is 17.9 Å². The van der Waals surface area contributed by atoms with Crippen molar-refractivity contribution in [1.29, 1.82) is 5.26 Å². The number of aromatic nitrogens is 3. The zero-order valence-corrected chi connectivity index (χ0v) is 39.5. The normalized spacial score (nSPS) is 16.8. The van der Waals surface area contributed by atoms with E-state index in [0.717, 1.165) is 111 Å². The first kappa shape index (κ1) is 40.8. The van der Waals surface area contributed by atoms with E-state index in [9.17, 15) is 13.7 Å². The molecule has 0 saturated carbocycles. The van der Waals surface area contributed by atoms with Gasteiger partial charge in [0.25, 0.3) is 0 Å². The molecule has 3 aliphatic rings. The summed E-state index contributed by atoms with van der Waals surface area (Å²) in [7, 11) is -4.03. The highest BCUT2D eigenvalue weighted by molar-refractivity contribution is 7.91. The Balaban J connectivity index is 1.10. The summed E-state index contributed by atoms with van der Waals surface area (Å²) >= 11 is 0. The van der Waals surface area contributed by atoms with E-state index in [-0.39, 0.29) is 27.9 Å². The standard InChI is InChI=1S/C62H39BN4O4S/c1-62-34-16-15-29-54(62)63-46-23-9-13-27-50(46)70-51-35-41(36-52(71-62)58(51)63)67-49-26-12-8-22-45(49)57-59-55(43-20-6-10-24-47(43)65(59)39-18-3-2-4-19-39)60-56(61(57)67)44-21-7-11-25-48(44)66(60)40-30-32-42(33-31-40)72(68,69)53-28-14-5-17-38(53)37-64/h2-36,54H,1H3. The number of para-hydroxylation sites is 5. The molecule has 0 spiro atoms. The Hall–Kier alpha value is -9.04. The molecule has 2 aliphatic heterocycles. The lowest BCUT2D eigenvalue weighted by atomic mass is 9.29. The summed E-state index contributed by atoms with van der Waals surface area (Å²) in [6.45, 7) is 2.20. The quantitative estimate of drug-likeness (QED) is 0.160. The highest BCUT2D eigenvalue weighted by Crippen LogP contribution is 2.52. The third-order valence-corrected chi connectivity index (χ3v) is 17.2. The number of nitriles is 1. The molecule has 1 aliphatic carbocycles. The number of sulfone groups is 1. The fourth-order valence-electron chi connectivity index (χ4n) is 12.4. The average Bonchev–Trinajstić information content (AvgIpc) is 4.07. The highest BCUT2D eigenvalue weighted by atomic mass is 32.2. The van der Waals surface area contributed by atoms with Crippen LogP contribution in [0.15, 0.2) is 222 Å². The molecule has 0 radical (unpaired) electrons. The minimum absolute atomic E-state index is 0.0143. The second-order valence-electron chi connectivity index (χ2n) is 19.2. The maximum absolute atomic E-state index is 14.2. The van der Waals surface area contributed by atoms with Crippen molar-refractivity contribution >= 4 is 92.9 Å². The summed E-state index contributed by atoms with van der Waals surface area (Å²) in [6.07, 6.45) is 8.70. The van der Waals surface area contributed by atoms with Crippen molar-refractivity contribution in [2.24, 2.45) is 0 Å². The Morgan fingerprint density at radius 2 is 1.08 bits per heavy atom. The molecule has 0 amide bonds. The van der Waals surface area contributed by atoms with E-state index < -0.39 is 15.4 Å². The van der Waals surface area contributed by atoms with Crippen LogP contribution in [0.4, 0.5) is 0 Å². The predicted octanol–water partition coefficient (Wildman–Crippen LogP) is 13.0. The Bertz CT molecular complexity index is 4580. The number of allylic oxidation sites excluding steroid dienone is 2. The van der Waals surface area contributed by atoms with Crippen molar-refractivity contribution in [2.75, 3.05) is 0 Å². The third-order valence-electron chi connectivity index (χ3n) is 15.4. The van der Waals surface area contributed by atoms with Gasteiger partial charge in [0.05, 0.1) is 54.1 Å². The number of nitrogens with zero attached hydrogens (tertiary/aromatic N) is 4. The zero-order valence-electron chi connectivity index (χ0n) is 38.7. The fraction of sp³-hybridized carbons (Fsp3) is 0.0484. The van der Waals surface area contributed by atoms with Gasteiger partial charge in [-0.2, -0.15) is 5.26 Å². The predicted molar refractivity (Wildman–Crippen MR) is 289 cm³/mol. The van der Waals surface area contributed by atoms with Gasteiger partial charge in [-0.25, -0.2) is 8.42 Å². The first-order valence-corrected chi connectivity index (χ1v) is 25.6. The Morgan fingerprint density at radius 3 is 1.72 bits per heavy atom. The monoisotopic (exact) mass is 946 g/mol. The van der Waals surface area contributed by atoms with Gasteiger partial charge in [0.1, 0.15) is 28.9 Å². The molecule has 9 aromatic carbocycles. The molecule has 5 heterocycles. The van der Waals surface area contributed by atoms with Gasteiger partial charge < -0.3 is 23.2 Å². The summed E-state index contributed by atoms with van der Waals surface area (Å²) in [4.78, 5) is 0.0873. The molecular weight excluding hydrogens is 908 g/mol. The number of hydrogen-bond donors (Lipinski definition) is 0. The molecular formula is C62H39BN4O4S. The third kappa shape index (κ3) is 5.43. The summed E-state index contributed by atoms with van der Waals surface area (Å²) in [5, 5.41) is 16.3. The van der Waals surface area contributed by atoms with Crippen molar-refractivity contribution in [2.45, 2.75) is 28.1 Å². The van der Waals surface area contributed by atoms with Crippen molar-refractivity contribution in [3.8, 4) is 40.4 Å². The van der Waals surface area contributed by atoms with Crippen molar-refractivity contribution in [3.63, 3.8) is 0 Å². The van der Waals surface area contributed by atoms with Crippen LogP contribution in [0.25, 0.3) is 82.5 Å². The topological polar surface area (TPSA) is 91.2 Å². The van der Waals surface area contributed by atoms with Crippen LogP contribution in [0.5, 0.6) is 17.2 Å². The number of rotatable bonds is 5. The molecule has 2 unspecified atom stereocenters. The maximum Gasteiger partial charge on any atom is 0.235 e. The molecule has 8 nitrogen and oxygen atoms in total. The Labute approximate surface area is 414 Å². The first-order chi connectivity index (χ1) is 35.3. The molecule has 10 heteroatoms. The summed E-state index contributed by atoms with van der Waals surface area (Å²) in [5.74, 6) is 2.46. The van der Waals surface area contributed by atoms with Gasteiger partial charge in [-0.15, -0.1) is 0 Å². The van der Waals surface area contributed by atoms with Gasteiger partial charge in [0.15, 0.2) is 0 Å². The van der Waals surface area contributed by atoms with E-state index in [4.69, 9.17) is 9.47 Å². The van der Waals surface area contributed by atoms with Crippen LogP contribution in [0.3, 0.4) is 0 Å². The van der Waals surface area contributed by atoms with Crippen molar-refractivity contribution in [3.05, 3.63) is 218 Å². The largest absolute Gasteiger partial charge is 0.484 e. The summed E-state index contributed by atoms with van der Waals surface area (Å²) in [5.41, 5.74) is 10.5. The molecule has 12 aromatic rings. The zero-order chi connectivity index (χ0) is 48.0. The molecule has 0 bridgehead atoms. The van der Waals surface area contributed by atoms with Gasteiger partial charge in [-0.3, -0.25) is 0 Å². The van der Waals surface area contributed by atoms with Gasteiger partial charge in [0, 0.05) is 67.1 Å². The van der Waals surface area contributed by atoms with Crippen LogP contribution in [0.1, 0.15) is 12.5 Å². The van der Waals surface area contributed by atoms with E-state index in [2.05, 4.69) is 184 Å². The van der Waals surface area contributed by atoms with Crippen LogP contribution < -0.4 is 20.4 Å². The van der Waals surface area contributed by atoms with E-state index in [1.54, 1.807) is 24.3 Å². The van der Waals surface area contributed by atoms with Gasteiger partial charge in [-0.1, -0.05) is 121 Å². The van der Waals surface area contributed by atoms with E-state index in [1.165, 1.54) is 12.1 Å². The maximum atomic E-state index is 14.2.